The molecule has 1 aliphatic heterocycles. The van der Waals surface area contributed by atoms with Crippen molar-refractivity contribution in [3.8, 4) is 0 Å². The molecule has 39 heavy (non-hydrogen) atoms. The van der Waals surface area contributed by atoms with Gasteiger partial charge in [-0.1, -0.05) is 181 Å². The lowest BCUT2D eigenvalue weighted by Crippen LogP contribution is -2.39. The van der Waals surface area contributed by atoms with Crippen LogP contribution in [0.25, 0.3) is 0 Å². The molecule has 0 fully saturated rings. The molecule has 0 aromatic carbocycles. The number of unbranched alkanes of at least 4 members (excludes halogenated alkanes) is 25. The van der Waals surface area contributed by atoms with Crippen molar-refractivity contribution in [3.63, 3.8) is 0 Å². The molecule has 0 aromatic rings. The Bertz CT molecular complexity index is 502. The van der Waals surface area contributed by atoms with Gasteiger partial charge in [-0.3, -0.25) is 0 Å². The summed E-state index contributed by atoms with van der Waals surface area (Å²) in [6.07, 6.45) is 47.0. The van der Waals surface area contributed by atoms with Crippen molar-refractivity contribution in [2.75, 3.05) is 13.1 Å². The average Bonchev–Trinajstić information content (AvgIpc) is 3.33. The van der Waals surface area contributed by atoms with E-state index in [9.17, 15) is 0 Å². The van der Waals surface area contributed by atoms with Crippen molar-refractivity contribution >= 4 is 0 Å². The number of nitrogens with zero attached hydrogens (tertiary/aromatic N) is 2. The van der Waals surface area contributed by atoms with Crippen LogP contribution in [0.1, 0.15) is 207 Å². The molecule has 1 unspecified atom stereocenters. The molecule has 0 saturated heterocycles. The summed E-state index contributed by atoms with van der Waals surface area (Å²) in [5.41, 5.74) is 0. The second-order valence-corrected chi connectivity index (χ2v) is 12.9. The van der Waals surface area contributed by atoms with E-state index in [0.717, 1.165) is 0 Å². The van der Waals surface area contributed by atoms with Crippen molar-refractivity contribution in [3.05, 3.63) is 12.4 Å². The zero-order valence-electron chi connectivity index (χ0n) is 27.5. The molecule has 0 amide bonds. The Hall–Kier alpha value is -0.660. The summed E-state index contributed by atoms with van der Waals surface area (Å²) in [6, 6.07) is 0. The van der Waals surface area contributed by atoms with Crippen molar-refractivity contribution in [1.82, 2.24) is 9.80 Å². The molecule has 232 valence electrons. The van der Waals surface area contributed by atoms with Crippen LogP contribution in [0.4, 0.5) is 0 Å². The molecule has 0 N–H and O–H groups in total. The van der Waals surface area contributed by atoms with Gasteiger partial charge in [0.05, 0.1) is 0 Å². The molecule has 2 heteroatoms. The van der Waals surface area contributed by atoms with Crippen LogP contribution in [0.3, 0.4) is 0 Å². The second-order valence-electron chi connectivity index (χ2n) is 12.9. The highest BCUT2D eigenvalue weighted by Crippen LogP contribution is 2.24. The Kier molecular flexibility index (Phi) is 26.9. The first kappa shape index (κ1) is 36.4. The molecule has 2 nitrogen and oxygen atoms in total. The first-order chi connectivity index (χ1) is 19.3. The van der Waals surface area contributed by atoms with Gasteiger partial charge in [0.15, 0.2) is 0 Å². The Labute approximate surface area is 248 Å². The summed E-state index contributed by atoms with van der Waals surface area (Å²) in [6.45, 7) is 9.47. The fraction of sp³-hybridized carbons (Fsp3) is 0.946. The van der Waals surface area contributed by atoms with Gasteiger partial charge in [-0.15, -0.1) is 0 Å². The van der Waals surface area contributed by atoms with E-state index in [1.807, 2.05) is 0 Å². The van der Waals surface area contributed by atoms with Gasteiger partial charge in [-0.2, -0.15) is 0 Å². The Morgan fingerprint density at radius 3 is 0.897 bits per heavy atom. The van der Waals surface area contributed by atoms with Crippen LogP contribution in [0, 0.1) is 0 Å². The van der Waals surface area contributed by atoms with Crippen molar-refractivity contribution in [2.24, 2.45) is 0 Å². The van der Waals surface area contributed by atoms with Crippen LogP contribution in [0.5, 0.6) is 0 Å². The largest absolute Gasteiger partial charge is 0.356 e. The normalized spacial score (nSPS) is 15.2. The fourth-order valence-electron chi connectivity index (χ4n) is 6.36. The van der Waals surface area contributed by atoms with E-state index in [-0.39, 0.29) is 0 Å². The lowest BCUT2D eigenvalue weighted by atomic mass is 10.0. The first-order valence-corrected chi connectivity index (χ1v) is 18.5. The number of hydrogen-bond acceptors (Lipinski definition) is 2. The first-order valence-electron chi connectivity index (χ1n) is 18.5. The maximum absolute atomic E-state index is 2.70. The fourth-order valence-corrected chi connectivity index (χ4v) is 6.36. The molecule has 0 spiro atoms. The third-order valence-electron chi connectivity index (χ3n) is 9.07. The van der Waals surface area contributed by atoms with Crippen LogP contribution >= 0.6 is 0 Å². The van der Waals surface area contributed by atoms with Crippen molar-refractivity contribution < 1.29 is 0 Å². The van der Waals surface area contributed by atoms with Gasteiger partial charge in [0.1, 0.15) is 6.17 Å². The summed E-state index contributed by atoms with van der Waals surface area (Å²) >= 11 is 0. The maximum atomic E-state index is 2.70. The molecule has 0 bridgehead atoms. The van der Waals surface area contributed by atoms with E-state index < -0.39 is 0 Å². The van der Waals surface area contributed by atoms with Crippen molar-refractivity contribution in [2.45, 2.75) is 213 Å². The topological polar surface area (TPSA) is 6.48 Å². The zero-order valence-corrected chi connectivity index (χ0v) is 27.5. The predicted octanol–water partition coefficient (Wildman–Crippen LogP) is 12.8. The minimum Gasteiger partial charge on any atom is -0.356 e. The monoisotopic (exact) mass is 547 g/mol. The molecule has 0 saturated carbocycles. The van der Waals surface area contributed by atoms with E-state index in [0.29, 0.717) is 6.17 Å². The van der Waals surface area contributed by atoms with Gasteiger partial charge in [-0.25, -0.2) is 0 Å². The standard InChI is InChI=1S/C37H74N2/c1-4-7-10-13-16-17-18-19-20-21-22-23-25-28-31-34-39-36-35-38(33-30-27-15-12-9-6-3)37(39)32-29-26-24-14-11-8-5-2/h35-37H,4-34H2,1-3H3. The van der Waals surface area contributed by atoms with E-state index in [2.05, 4.69) is 43.0 Å². The SMILES string of the molecule is CCCCCCCCCCCCCCCCCN1C=CN(CCCCCCCC)C1CCCCCCCCC. The average molecular weight is 547 g/mol. The van der Waals surface area contributed by atoms with Gasteiger partial charge in [0.25, 0.3) is 0 Å². The van der Waals surface area contributed by atoms with Gasteiger partial charge in [0, 0.05) is 25.5 Å². The summed E-state index contributed by atoms with van der Waals surface area (Å²) in [5, 5.41) is 0. The molecule has 1 heterocycles. The molecular formula is C37H74N2. The summed E-state index contributed by atoms with van der Waals surface area (Å²) in [4.78, 5) is 5.40. The molecule has 1 atom stereocenters. The molecule has 0 aliphatic carbocycles. The van der Waals surface area contributed by atoms with E-state index in [1.165, 1.54) is 199 Å². The Morgan fingerprint density at radius 1 is 0.333 bits per heavy atom. The lowest BCUT2D eigenvalue weighted by Gasteiger charge is -2.33. The molecule has 0 radical (unpaired) electrons. The molecule has 0 aromatic heterocycles. The zero-order chi connectivity index (χ0) is 28.1. The van der Waals surface area contributed by atoms with Crippen LogP contribution in [-0.2, 0) is 0 Å². The third kappa shape index (κ3) is 21.7. The van der Waals surface area contributed by atoms with Crippen LogP contribution < -0.4 is 0 Å². The summed E-state index contributed by atoms with van der Waals surface area (Å²) < 4.78 is 0. The minimum absolute atomic E-state index is 0.642. The van der Waals surface area contributed by atoms with Gasteiger partial charge in [0.2, 0.25) is 0 Å². The van der Waals surface area contributed by atoms with Gasteiger partial charge < -0.3 is 9.80 Å². The predicted molar refractivity (Wildman–Crippen MR) is 177 cm³/mol. The lowest BCUT2D eigenvalue weighted by molar-refractivity contribution is 0.135. The quantitative estimate of drug-likeness (QED) is 0.0798. The minimum atomic E-state index is 0.642. The second kappa shape index (κ2) is 28.9. The van der Waals surface area contributed by atoms with Crippen LogP contribution in [-0.4, -0.2) is 29.1 Å². The van der Waals surface area contributed by atoms with Gasteiger partial charge >= 0.3 is 0 Å². The highest BCUT2D eigenvalue weighted by molar-refractivity contribution is 4.97. The van der Waals surface area contributed by atoms with E-state index in [4.69, 9.17) is 0 Å². The highest BCUT2D eigenvalue weighted by atomic mass is 15.4. The number of hydrogen-bond donors (Lipinski definition) is 0. The summed E-state index contributed by atoms with van der Waals surface area (Å²) in [5.74, 6) is 0. The summed E-state index contributed by atoms with van der Waals surface area (Å²) in [7, 11) is 0. The van der Waals surface area contributed by atoms with Crippen LogP contribution in [0.2, 0.25) is 0 Å². The maximum Gasteiger partial charge on any atom is 0.101 e. The van der Waals surface area contributed by atoms with Gasteiger partial charge in [-0.05, 0) is 25.7 Å². The molecule has 1 rings (SSSR count). The highest BCUT2D eigenvalue weighted by Gasteiger charge is 2.24. The third-order valence-corrected chi connectivity index (χ3v) is 9.07. The molecule has 1 aliphatic rings. The van der Waals surface area contributed by atoms with Crippen molar-refractivity contribution in [1.29, 1.82) is 0 Å². The number of rotatable bonds is 31. The smallest absolute Gasteiger partial charge is 0.101 e. The van der Waals surface area contributed by atoms with Crippen LogP contribution in [0.15, 0.2) is 12.4 Å². The molecular weight excluding hydrogens is 472 g/mol. The Morgan fingerprint density at radius 2 is 0.590 bits per heavy atom. The Balaban J connectivity index is 2.14. The van der Waals surface area contributed by atoms with E-state index in [1.54, 1.807) is 0 Å². The van der Waals surface area contributed by atoms with E-state index >= 15 is 0 Å².